The number of hydrogen-bond acceptors (Lipinski definition) is 4. The zero-order chi connectivity index (χ0) is 17.4. The number of fused-ring (bicyclic) bond motifs is 1. The van der Waals surface area contributed by atoms with Gasteiger partial charge in [0.25, 0.3) is 5.91 Å². The van der Waals surface area contributed by atoms with E-state index in [1.807, 2.05) is 17.0 Å². The lowest BCUT2D eigenvalue weighted by Crippen LogP contribution is -2.45. The molecule has 1 N–H and O–H groups in total. The quantitative estimate of drug-likeness (QED) is 0.897. The minimum absolute atomic E-state index is 0.125. The maximum Gasteiger partial charge on any atom is 0.263 e. The maximum atomic E-state index is 12.9. The molecule has 5 heteroatoms. The molecular formula is C20H24N2O2S. The summed E-state index contributed by atoms with van der Waals surface area (Å²) < 4.78 is 0. The van der Waals surface area contributed by atoms with Crippen molar-refractivity contribution in [3.63, 3.8) is 0 Å². The number of aromatic nitrogens is 1. The molecule has 0 spiro atoms. The van der Waals surface area contributed by atoms with E-state index >= 15 is 0 Å². The van der Waals surface area contributed by atoms with Crippen LogP contribution in [-0.4, -0.2) is 34.0 Å². The lowest BCUT2D eigenvalue weighted by molar-refractivity contribution is -0.0212. The summed E-state index contributed by atoms with van der Waals surface area (Å²) in [5.41, 5.74) is 1.36. The smallest absolute Gasteiger partial charge is 0.263 e. The Bertz CT molecular complexity index is 763. The molecule has 2 aliphatic rings. The summed E-state index contributed by atoms with van der Waals surface area (Å²) in [6.45, 7) is 3.46. The van der Waals surface area contributed by atoms with Crippen LogP contribution in [0.1, 0.15) is 51.9 Å². The number of rotatable bonds is 2. The Balaban J connectivity index is 1.45. The fourth-order valence-corrected chi connectivity index (χ4v) is 5.15. The Morgan fingerprint density at radius 2 is 2.20 bits per heavy atom. The average molecular weight is 356 g/mol. The number of likely N-dealkylation sites (tertiary alicyclic amines) is 1. The van der Waals surface area contributed by atoms with E-state index in [1.165, 1.54) is 16.9 Å². The third-order valence-electron chi connectivity index (χ3n) is 5.62. The van der Waals surface area contributed by atoms with E-state index in [9.17, 15) is 9.90 Å². The van der Waals surface area contributed by atoms with Crippen molar-refractivity contribution in [2.75, 3.05) is 13.1 Å². The average Bonchev–Trinajstić information content (AvgIpc) is 3.06. The van der Waals surface area contributed by atoms with E-state index < -0.39 is 5.60 Å². The number of piperidine rings is 1. The second-order valence-corrected chi connectivity index (χ2v) is 8.61. The zero-order valence-corrected chi connectivity index (χ0v) is 15.4. The van der Waals surface area contributed by atoms with Crippen LogP contribution in [0.4, 0.5) is 0 Å². The van der Waals surface area contributed by atoms with Crippen LogP contribution in [0.3, 0.4) is 0 Å². The zero-order valence-electron chi connectivity index (χ0n) is 14.6. The van der Waals surface area contributed by atoms with Crippen LogP contribution in [0.15, 0.2) is 30.6 Å². The van der Waals surface area contributed by atoms with Gasteiger partial charge in [-0.05, 0) is 55.7 Å². The molecule has 0 saturated carbocycles. The van der Waals surface area contributed by atoms with Crippen molar-refractivity contribution in [1.29, 1.82) is 0 Å². The highest BCUT2D eigenvalue weighted by atomic mass is 32.1. The van der Waals surface area contributed by atoms with Crippen LogP contribution >= 0.6 is 11.3 Å². The van der Waals surface area contributed by atoms with Gasteiger partial charge in [0.1, 0.15) is 0 Å². The predicted octanol–water partition coefficient (Wildman–Crippen LogP) is 3.39. The summed E-state index contributed by atoms with van der Waals surface area (Å²) in [6, 6.07) is 5.88. The number of amides is 1. The SMILES string of the molecule is C[C@@H]1CCc2sc(C(=O)N3CCC(O)(c4cccnc4)CC3)cc2C1. The van der Waals surface area contributed by atoms with Crippen molar-refractivity contribution < 1.29 is 9.90 Å². The molecule has 2 aromatic heterocycles. The third kappa shape index (κ3) is 3.23. The van der Waals surface area contributed by atoms with Gasteiger partial charge in [-0.15, -0.1) is 11.3 Å². The highest BCUT2D eigenvalue weighted by molar-refractivity contribution is 7.14. The normalized spacial score (nSPS) is 22.5. The number of pyridine rings is 1. The molecule has 1 fully saturated rings. The second-order valence-electron chi connectivity index (χ2n) is 7.47. The molecule has 2 aromatic rings. The number of carbonyl (C=O) groups is 1. The van der Waals surface area contributed by atoms with Crippen molar-refractivity contribution in [2.24, 2.45) is 5.92 Å². The molecule has 4 nitrogen and oxygen atoms in total. The molecule has 1 saturated heterocycles. The minimum Gasteiger partial charge on any atom is -0.385 e. The van der Waals surface area contributed by atoms with Crippen molar-refractivity contribution in [3.8, 4) is 0 Å². The van der Waals surface area contributed by atoms with Crippen LogP contribution in [0.25, 0.3) is 0 Å². The highest BCUT2D eigenvalue weighted by Crippen LogP contribution is 2.35. The second kappa shape index (κ2) is 6.54. The molecule has 0 bridgehead atoms. The molecule has 0 unspecified atom stereocenters. The van der Waals surface area contributed by atoms with Gasteiger partial charge in [-0.1, -0.05) is 13.0 Å². The van der Waals surface area contributed by atoms with Crippen molar-refractivity contribution >= 4 is 17.2 Å². The number of carbonyl (C=O) groups excluding carboxylic acids is 1. The van der Waals surface area contributed by atoms with E-state index in [0.717, 1.165) is 29.2 Å². The fourth-order valence-electron chi connectivity index (χ4n) is 3.97. The van der Waals surface area contributed by atoms with E-state index in [4.69, 9.17) is 0 Å². The summed E-state index contributed by atoms with van der Waals surface area (Å²) in [5.74, 6) is 0.842. The van der Waals surface area contributed by atoms with Crippen molar-refractivity contribution in [3.05, 3.63) is 51.5 Å². The largest absolute Gasteiger partial charge is 0.385 e. The van der Waals surface area contributed by atoms with E-state index in [-0.39, 0.29) is 5.91 Å². The Labute approximate surface area is 152 Å². The summed E-state index contributed by atoms with van der Waals surface area (Å²) in [4.78, 5) is 21.2. The van der Waals surface area contributed by atoms with E-state index in [2.05, 4.69) is 18.0 Å². The van der Waals surface area contributed by atoms with Gasteiger partial charge in [0.15, 0.2) is 0 Å². The molecule has 132 valence electrons. The summed E-state index contributed by atoms with van der Waals surface area (Å²) in [7, 11) is 0. The number of thiophene rings is 1. The van der Waals surface area contributed by atoms with Gasteiger partial charge in [-0.3, -0.25) is 9.78 Å². The molecule has 0 aromatic carbocycles. The Hall–Kier alpha value is -1.72. The molecule has 1 aliphatic carbocycles. The summed E-state index contributed by atoms with van der Waals surface area (Å²) in [5, 5.41) is 10.9. The summed E-state index contributed by atoms with van der Waals surface area (Å²) >= 11 is 1.67. The molecular weight excluding hydrogens is 332 g/mol. The Kier molecular flexibility index (Phi) is 4.38. The third-order valence-corrected chi connectivity index (χ3v) is 6.84. The number of nitrogens with zero attached hydrogens (tertiary/aromatic N) is 2. The van der Waals surface area contributed by atoms with Gasteiger partial charge in [0, 0.05) is 35.9 Å². The predicted molar refractivity (Wildman–Crippen MR) is 98.8 cm³/mol. The molecule has 1 atom stereocenters. The topological polar surface area (TPSA) is 53.4 Å². The van der Waals surface area contributed by atoms with Crippen LogP contribution < -0.4 is 0 Å². The first-order valence-electron chi connectivity index (χ1n) is 9.09. The van der Waals surface area contributed by atoms with Gasteiger partial charge in [0.2, 0.25) is 0 Å². The minimum atomic E-state index is -0.866. The van der Waals surface area contributed by atoms with E-state index in [1.54, 1.807) is 23.7 Å². The lowest BCUT2D eigenvalue weighted by Gasteiger charge is -2.38. The molecule has 0 radical (unpaired) electrons. The van der Waals surface area contributed by atoms with Crippen molar-refractivity contribution in [2.45, 2.75) is 44.6 Å². The van der Waals surface area contributed by atoms with Gasteiger partial charge in [0.05, 0.1) is 10.5 Å². The van der Waals surface area contributed by atoms with E-state index in [0.29, 0.717) is 25.9 Å². The van der Waals surface area contributed by atoms with Crippen LogP contribution in [-0.2, 0) is 18.4 Å². The molecule has 1 aliphatic heterocycles. The highest BCUT2D eigenvalue weighted by Gasteiger charge is 2.36. The standard InChI is InChI=1S/C20H24N2O2S/c1-14-4-5-17-15(11-14)12-18(25-17)19(23)22-9-6-20(24,7-10-22)16-3-2-8-21-13-16/h2-3,8,12-14,24H,4-7,9-11H2,1H3/t14-/m1/s1. The van der Waals surface area contributed by atoms with Gasteiger partial charge in [-0.25, -0.2) is 0 Å². The molecule has 3 heterocycles. The van der Waals surface area contributed by atoms with Crippen LogP contribution in [0.5, 0.6) is 0 Å². The Morgan fingerprint density at radius 1 is 1.40 bits per heavy atom. The molecule has 1 amide bonds. The number of aryl methyl sites for hydroxylation is 1. The molecule has 4 rings (SSSR count). The molecule has 25 heavy (non-hydrogen) atoms. The van der Waals surface area contributed by atoms with Gasteiger partial charge in [-0.2, -0.15) is 0 Å². The summed E-state index contributed by atoms with van der Waals surface area (Å²) in [6.07, 6.45) is 7.99. The fraction of sp³-hybridized carbons (Fsp3) is 0.500. The number of hydrogen-bond donors (Lipinski definition) is 1. The Morgan fingerprint density at radius 3 is 2.92 bits per heavy atom. The van der Waals surface area contributed by atoms with Gasteiger partial charge < -0.3 is 10.0 Å². The first kappa shape index (κ1) is 16.7. The van der Waals surface area contributed by atoms with Crippen molar-refractivity contribution in [1.82, 2.24) is 9.88 Å². The van der Waals surface area contributed by atoms with Crippen LogP contribution in [0.2, 0.25) is 0 Å². The first-order chi connectivity index (χ1) is 12.0. The number of aliphatic hydroxyl groups is 1. The first-order valence-corrected chi connectivity index (χ1v) is 9.90. The monoisotopic (exact) mass is 356 g/mol. The maximum absolute atomic E-state index is 12.9. The van der Waals surface area contributed by atoms with Crippen LogP contribution in [0, 0.1) is 5.92 Å². The lowest BCUT2D eigenvalue weighted by atomic mass is 9.85. The van der Waals surface area contributed by atoms with Gasteiger partial charge >= 0.3 is 0 Å².